The van der Waals surface area contributed by atoms with Crippen molar-refractivity contribution in [3.8, 4) is 0 Å². The van der Waals surface area contributed by atoms with Crippen LogP contribution in [0.4, 0.5) is 0 Å². The van der Waals surface area contributed by atoms with Gasteiger partial charge >= 0.3 is 0 Å². The van der Waals surface area contributed by atoms with E-state index in [9.17, 15) is 0 Å². The maximum atomic E-state index is 3.12. The molecule has 1 heteroatoms. The van der Waals surface area contributed by atoms with Gasteiger partial charge in [-0.3, -0.25) is 0 Å². The molecule has 0 N–H and O–H groups in total. The predicted molar refractivity (Wildman–Crippen MR) is 40.9 cm³/mol. The summed E-state index contributed by atoms with van der Waals surface area (Å²) in [6.45, 7) is 0.882. The standard InChI is InChI=1S/C9H8N/c1-3-7-10-8-4-2-6-9(10)5-1/h1-3,5-7H,8H2. The normalized spacial score (nSPS) is 20.8. The molecule has 2 aliphatic heterocycles. The molecule has 49 valence electrons. The molecule has 0 amide bonds. The molecule has 2 rings (SSSR count). The fourth-order valence-corrected chi connectivity index (χ4v) is 1.08. The molecule has 1 nitrogen and oxygen atoms in total. The van der Waals surface area contributed by atoms with Crippen molar-refractivity contribution in [1.82, 2.24) is 4.90 Å². The van der Waals surface area contributed by atoms with Gasteiger partial charge in [0, 0.05) is 18.4 Å². The van der Waals surface area contributed by atoms with Crippen molar-refractivity contribution in [3.63, 3.8) is 0 Å². The average Bonchev–Trinajstić information content (AvgIpc) is 2.05. The first kappa shape index (κ1) is 5.54. The van der Waals surface area contributed by atoms with Crippen LogP contribution in [0.3, 0.4) is 0 Å². The number of allylic oxidation sites excluding steroid dienone is 5. The largest absolute Gasteiger partial charge is 0.344 e. The molecule has 2 aliphatic rings. The number of nitrogens with zero attached hydrogens (tertiary/aromatic N) is 1. The van der Waals surface area contributed by atoms with Crippen molar-refractivity contribution in [2.45, 2.75) is 0 Å². The summed E-state index contributed by atoms with van der Waals surface area (Å²) in [7, 11) is 0. The Hall–Kier alpha value is -1.24. The highest BCUT2D eigenvalue weighted by Gasteiger charge is 2.05. The van der Waals surface area contributed by atoms with E-state index in [1.54, 1.807) is 0 Å². The maximum absolute atomic E-state index is 3.12. The van der Waals surface area contributed by atoms with Crippen molar-refractivity contribution in [2.24, 2.45) is 0 Å². The van der Waals surface area contributed by atoms with Crippen LogP contribution in [0.1, 0.15) is 0 Å². The summed E-state index contributed by atoms with van der Waals surface area (Å²) >= 11 is 0. The van der Waals surface area contributed by atoms with Crippen molar-refractivity contribution in [1.29, 1.82) is 0 Å². The van der Waals surface area contributed by atoms with Crippen LogP contribution in [0.5, 0.6) is 0 Å². The van der Waals surface area contributed by atoms with Crippen molar-refractivity contribution >= 4 is 0 Å². The van der Waals surface area contributed by atoms with Gasteiger partial charge in [0.25, 0.3) is 0 Å². The van der Waals surface area contributed by atoms with Gasteiger partial charge in [0.2, 0.25) is 0 Å². The summed E-state index contributed by atoms with van der Waals surface area (Å²) in [6, 6.07) is 0. The van der Waals surface area contributed by atoms with Crippen molar-refractivity contribution in [3.05, 3.63) is 48.4 Å². The van der Waals surface area contributed by atoms with Crippen LogP contribution in [0.25, 0.3) is 0 Å². The van der Waals surface area contributed by atoms with Crippen molar-refractivity contribution < 1.29 is 0 Å². The average molecular weight is 130 g/mol. The number of hydrogen-bond acceptors (Lipinski definition) is 1. The van der Waals surface area contributed by atoms with Gasteiger partial charge in [-0.15, -0.1) is 0 Å². The zero-order chi connectivity index (χ0) is 6.81. The second-order valence-corrected chi connectivity index (χ2v) is 2.29. The van der Waals surface area contributed by atoms with E-state index in [2.05, 4.69) is 29.3 Å². The van der Waals surface area contributed by atoms with Gasteiger partial charge in [-0.1, -0.05) is 12.2 Å². The predicted octanol–water partition coefficient (Wildman–Crippen LogP) is 1.63. The Morgan fingerprint density at radius 3 is 3.30 bits per heavy atom. The quantitative estimate of drug-likeness (QED) is 0.481. The minimum atomic E-state index is 0.882. The Balaban J connectivity index is 2.34. The van der Waals surface area contributed by atoms with E-state index in [-0.39, 0.29) is 0 Å². The SMILES string of the molecule is [C]1=CC=C2C=CC=CN2C1. The Labute approximate surface area is 60.6 Å². The lowest BCUT2D eigenvalue weighted by molar-refractivity contribution is 0.516. The fraction of sp³-hybridized carbons (Fsp3) is 0.111. The number of rotatable bonds is 0. The molecule has 0 atom stereocenters. The first-order chi connectivity index (χ1) is 4.97. The van der Waals surface area contributed by atoms with Crippen LogP contribution in [0.15, 0.2) is 42.3 Å². The Morgan fingerprint density at radius 1 is 1.40 bits per heavy atom. The summed E-state index contributed by atoms with van der Waals surface area (Å²) in [5.74, 6) is 0. The van der Waals surface area contributed by atoms with E-state index < -0.39 is 0 Å². The molecule has 0 bridgehead atoms. The third-order valence-corrected chi connectivity index (χ3v) is 1.61. The maximum Gasteiger partial charge on any atom is 0.0479 e. The molecule has 0 aliphatic carbocycles. The van der Waals surface area contributed by atoms with Gasteiger partial charge in [-0.25, -0.2) is 0 Å². The molecule has 0 aromatic rings. The molecule has 0 spiro atoms. The van der Waals surface area contributed by atoms with E-state index in [1.807, 2.05) is 18.2 Å². The van der Waals surface area contributed by atoms with E-state index in [1.165, 1.54) is 5.70 Å². The molecule has 0 saturated heterocycles. The second-order valence-electron chi connectivity index (χ2n) is 2.29. The first-order valence-corrected chi connectivity index (χ1v) is 3.35. The highest BCUT2D eigenvalue weighted by atomic mass is 15.1. The summed E-state index contributed by atoms with van der Waals surface area (Å²) in [5, 5.41) is 0. The van der Waals surface area contributed by atoms with Crippen LogP contribution in [-0.2, 0) is 0 Å². The molecule has 0 fully saturated rings. The number of hydrogen-bond donors (Lipinski definition) is 0. The first-order valence-electron chi connectivity index (χ1n) is 3.35. The summed E-state index contributed by atoms with van der Waals surface area (Å²) < 4.78 is 0. The van der Waals surface area contributed by atoms with Gasteiger partial charge < -0.3 is 4.90 Å². The van der Waals surface area contributed by atoms with Crippen molar-refractivity contribution in [2.75, 3.05) is 6.54 Å². The highest BCUT2D eigenvalue weighted by molar-refractivity contribution is 5.32. The molecule has 10 heavy (non-hydrogen) atoms. The van der Waals surface area contributed by atoms with E-state index in [0.717, 1.165) is 6.54 Å². The zero-order valence-electron chi connectivity index (χ0n) is 5.62. The van der Waals surface area contributed by atoms with Crippen LogP contribution in [0.2, 0.25) is 0 Å². The zero-order valence-corrected chi connectivity index (χ0v) is 5.62. The lowest BCUT2D eigenvalue weighted by Crippen LogP contribution is -2.18. The topological polar surface area (TPSA) is 3.24 Å². The molecular formula is C9H8N. The fourth-order valence-electron chi connectivity index (χ4n) is 1.08. The summed E-state index contributed by atoms with van der Waals surface area (Å²) in [4.78, 5) is 2.15. The monoisotopic (exact) mass is 130 g/mol. The molecule has 0 aromatic heterocycles. The van der Waals surface area contributed by atoms with Gasteiger partial charge in [0.15, 0.2) is 0 Å². The van der Waals surface area contributed by atoms with E-state index >= 15 is 0 Å². The minimum absolute atomic E-state index is 0.882. The van der Waals surface area contributed by atoms with E-state index in [4.69, 9.17) is 0 Å². The Kier molecular flexibility index (Phi) is 1.21. The van der Waals surface area contributed by atoms with Gasteiger partial charge in [-0.2, -0.15) is 0 Å². The van der Waals surface area contributed by atoms with Crippen LogP contribution < -0.4 is 0 Å². The smallest absolute Gasteiger partial charge is 0.0479 e. The molecule has 2 heterocycles. The lowest BCUT2D eigenvalue weighted by Gasteiger charge is -2.23. The molecule has 1 radical (unpaired) electrons. The molecular weight excluding hydrogens is 122 g/mol. The van der Waals surface area contributed by atoms with Gasteiger partial charge in [0.05, 0.1) is 0 Å². The minimum Gasteiger partial charge on any atom is -0.344 e. The highest BCUT2D eigenvalue weighted by Crippen LogP contribution is 2.14. The van der Waals surface area contributed by atoms with E-state index in [0.29, 0.717) is 0 Å². The van der Waals surface area contributed by atoms with Gasteiger partial charge in [0.1, 0.15) is 0 Å². The van der Waals surface area contributed by atoms with Crippen LogP contribution in [-0.4, -0.2) is 11.4 Å². The summed E-state index contributed by atoms with van der Waals surface area (Å²) in [6.07, 6.45) is 15.4. The van der Waals surface area contributed by atoms with Crippen LogP contribution in [0, 0.1) is 6.08 Å². The Morgan fingerprint density at radius 2 is 2.40 bits per heavy atom. The third-order valence-electron chi connectivity index (χ3n) is 1.61. The van der Waals surface area contributed by atoms with Crippen LogP contribution >= 0.6 is 0 Å². The van der Waals surface area contributed by atoms with Gasteiger partial charge in [-0.05, 0) is 24.3 Å². The Bertz CT molecular complexity index is 243. The number of fused-ring (bicyclic) bond motifs is 1. The molecule has 0 unspecified atom stereocenters. The molecule has 0 aromatic carbocycles. The molecule has 0 saturated carbocycles. The lowest BCUT2D eigenvalue weighted by atomic mass is 10.2. The second kappa shape index (κ2) is 2.18. The summed E-state index contributed by atoms with van der Waals surface area (Å²) in [5.41, 5.74) is 1.25. The third kappa shape index (κ3) is 0.798.